The van der Waals surface area contributed by atoms with E-state index in [-0.39, 0.29) is 0 Å². The van der Waals surface area contributed by atoms with Gasteiger partial charge in [0.2, 0.25) is 0 Å². The molecule has 4 heteroatoms. The minimum absolute atomic E-state index is 0.689. The highest BCUT2D eigenvalue weighted by Crippen LogP contribution is 2.28. The minimum Gasteiger partial charge on any atom is -0.492 e. The van der Waals surface area contributed by atoms with Gasteiger partial charge in [0.25, 0.3) is 0 Å². The van der Waals surface area contributed by atoms with Crippen molar-refractivity contribution in [3.63, 3.8) is 0 Å². The molecular weight excluding hydrogens is 298 g/mol. The number of nitrogens with zero attached hydrogens (tertiary/aromatic N) is 1. The van der Waals surface area contributed by atoms with Crippen LogP contribution < -0.4 is 4.74 Å². The van der Waals surface area contributed by atoms with Crippen LogP contribution in [0.25, 0.3) is 0 Å². The van der Waals surface area contributed by atoms with Gasteiger partial charge in [-0.3, -0.25) is 0 Å². The number of fused-ring (bicyclic) bond motifs is 1. The van der Waals surface area contributed by atoms with Crippen molar-refractivity contribution in [3.8, 4) is 5.75 Å². The molecule has 0 radical (unpaired) electrons. The summed E-state index contributed by atoms with van der Waals surface area (Å²) in [6.45, 7) is 7.19. The molecule has 0 amide bonds. The Bertz CT molecular complexity index is 402. The van der Waals surface area contributed by atoms with Gasteiger partial charge in [0.05, 0.1) is 12.3 Å². The fourth-order valence-corrected chi connectivity index (χ4v) is 1.92. The largest absolute Gasteiger partial charge is 0.492 e. The first-order valence-electron chi connectivity index (χ1n) is 5.68. The summed E-state index contributed by atoms with van der Waals surface area (Å²) >= 11 is 7.35. The van der Waals surface area contributed by atoms with Gasteiger partial charge >= 0.3 is 0 Å². The zero-order valence-electron chi connectivity index (χ0n) is 10.4. The van der Waals surface area contributed by atoms with Crippen molar-refractivity contribution in [2.24, 2.45) is 10.3 Å². The average Bonchev–Trinajstić information content (AvgIpc) is 2.27. The van der Waals surface area contributed by atoms with Crippen LogP contribution in [-0.2, 0) is 0 Å². The molecule has 0 aliphatic carbocycles. The van der Waals surface area contributed by atoms with Gasteiger partial charge in [0, 0.05) is 16.5 Å². The first-order valence-corrected chi connectivity index (χ1v) is 6.87. The van der Waals surface area contributed by atoms with E-state index in [1.165, 1.54) is 0 Å². The molecule has 1 aromatic carbocycles. The van der Waals surface area contributed by atoms with Gasteiger partial charge in [-0.05, 0) is 36.9 Å². The Hall–Kier alpha value is -0.480. The second kappa shape index (κ2) is 7.07. The molecule has 0 N–H and O–H groups in total. The molecule has 17 heavy (non-hydrogen) atoms. The molecule has 0 saturated carbocycles. The summed E-state index contributed by atoms with van der Waals surface area (Å²) in [6.07, 6.45) is 0.826. The normalized spacial score (nSPS) is 16.0. The first-order chi connectivity index (χ1) is 8.04. The van der Waals surface area contributed by atoms with Crippen LogP contribution in [0, 0.1) is 5.92 Å². The van der Waals surface area contributed by atoms with Gasteiger partial charge in [-0.15, -0.1) is 0 Å². The van der Waals surface area contributed by atoms with E-state index in [2.05, 4.69) is 53.9 Å². The zero-order chi connectivity index (χ0) is 12.8. The first kappa shape index (κ1) is 14.6. The summed E-state index contributed by atoms with van der Waals surface area (Å²) in [5, 5.41) is 0. The van der Waals surface area contributed by atoms with Crippen molar-refractivity contribution in [1.82, 2.24) is 0 Å². The molecule has 0 spiro atoms. The van der Waals surface area contributed by atoms with Crippen molar-refractivity contribution in [2.75, 3.05) is 6.61 Å². The maximum Gasteiger partial charge on any atom is 0.128 e. The molecule has 1 aliphatic heterocycles. The van der Waals surface area contributed by atoms with E-state index in [0.717, 1.165) is 33.8 Å². The predicted octanol–water partition coefficient (Wildman–Crippen LogP) is 4.53. The van der Waals surface area contributed by atoms with Gasteiger partial charge in [0.1, 0.15) is 5.75 Å². The molecule has 0 aromatic heterocycles. The fourth-order valence-electron chi connectivity index (χ4n) is 1.35. The Labute approximate surface area is 117 Å². The molecule has 2 nitrogen and oxygen atoms in total. The van der Waals surface area contributed by atoms with Crippen molar-refractivity contribution in [1.29, 1.82) is 0 Å². The topological polar surface area (TPSA) is 21.6 Å². The Kier molecular flexibility index (Phi) is 6.06. The number of halogens is 1. The van der Waals surface area contributed by atoms with Gasteiger partial charge in [-0.1, -0.05) is 36.7 Å². The van der Waals surface area contributed by atoms with Crippen LogP contribution in [0.15, 0.2) is 27.1 Å². The maximum absolute atomic E-state index is 5.47. The van der Waals surface area contributed by atoms with Crippen LogP contribution in [0.3, 0.4) is 0 Å². The van der Waals surface area contributed by atoms with Crippen molar-refractivity contribution < 1.29 is 4.74 Å². The zero-order valence-corrected chi connectivity index (χ0v) is 12.9. The molecule has 1 aliphatic rings. The lowest BCUT2D eigenvalue weighted by molar-refractivity contribution is 0.320. The van der Waals surface area contributed by atoms with Gasteiger partial charge in [0.15, 0.2) is 0 Å². The minimum atomic E-state index is 0.689. The van der Waals surface area contributed by atoms with Crippen LogP contribution in [0.4, 0.5) is 0 Å². The van der Waals surface area contributed by atoms with Crippen molar-refractivity contribution in [3.05, 3.63) is 28.2 Å². The van der Waals surface area contributed by atoms with E-state index in [4.69, 9.17) is 4.74 Å². The van der Waals surface area contributed by atoms with Crippen molar-refractivity contribution in [2.45, 2.75) is 27.2 Å². The molecule has 94 valence electrons. The summed E-state index contributed by atoms with van der Waals surface area (Å²) in [5.41, 5.74) is 2.03. The summed E-state index contributed by atoms with van der Waals surface area (Å²) in [6, 6.07) is 5.90. The number of hydrogen-bond donors (Lipinski definition) is 1. The molecule has 2 rings (SSSR count). The molecule has 1 heterocycles. The van der Waals surface area contributed by atoms with Crippen LogP contribution in [0.2, 0.25) is 0 Å². The molecular formula is C13H18BrNOS. The maximum atomic E-state index is 5.47. The van der Waals surface area contributed by atoms with Crippen molar-refractivity contribution >= 4 is 34.5 Å². The summed E-state index contributed by atoms with van der Waals surface area (Å²) in [5.74, 6) is 1.72. The van der Waals surface area contributed by atoms with Crippen LogP contribution in [0.1, 0.15) is 32.8 Å². The summed E-state index contributed by atoms with van der Waals surface area (Å²) in [4.78, 5) is 0. The van der Waals surface area contributed by atoms with E-state index in [9.17, 15) is 0 Å². The Balaban J connectivity index is 0.000000317. The second-order valence-corrected chi connectivity index (χ2v) is 5.63. The second-order valence-electron chi connectivity index (χ2n) is 4.52. The third-order valence-corrected chi connectivity index (χ3v) is 2.70. The third kappa shape index (κ3) is 4.72. The fraction of sp³-hybridized carbons (Fsp3) is 0.462. The van der Waals surface area contributed by atoms with E-state index in [1.54, 1.807) is 0 Å². The average molecular weight is 316 g/mol. The van der Waals surface area contributed by atoms with Gasteiger partial charge in [-0.2, -0.15) is 0 Å². The number of thiol groups is 1. The lowest BCUT2D eigenvalue weighted by atomic mass is 10.0. The Morgan fingerprint density at radius 2 is 2.00 bits per heavy atom. The highest BCUT2D eigenvalue weighted by molar-refractivity contribution is 9.10. The SMILES string of the molecule is CC(C)C.S/N=C1\CCOc2ccc(Br)cc21. The third-order valence-electron chi connectivity index (χ3n) is 1.97. The lowest BCUT2D eigenvalue weighted by Crippen LogP contribution is -2.15. The van der Waals surface area contributed by atoms with Gasteiger partial charge in [-0.25, -0.2) is 4.40 Å². The summed E-state index contributed by atoms with van der Waals surface area (Å²) < 4.78 is 10.4. The molecule has 1 aromatic rings. The van der Waals surface area contributed by atoms with Crippen LogP contribution in [0.5, 0.6) is 5.75 Å². The van der Waals surface area contributed by atoms with Crippen LogP contribution >= 0.6 is 28.7 Å². The highest BCUT2D eigenvalue weighted by atomic mass is 79.9. The molecule has 0 fully saturated rings. The van der Waals surface area contributed by atoms with E-state index >= 15 is 0 Å². The van der Waals surface area contributed by atoms with Crippen LogP contribution in [-0.4, -0.2) is 12.3 Å². The van der Waals surface area contributed by atoms with Gasteiger partial charge < -0.3 is 4.74 Å². The monoisotopic (exact) mass is 315 g/mol. The number of rotatable bonds is 0. The Morgan fingerprint density at radius 1 is 1.35 bits per heavy atom. The number of hydrogen-bond acceptors (Lipinski definition) is 3. The Morgan fingerprint density at radius 3 is 2.59 bits per heavy atom. The van der Waals surface area contributed by atoms with E-state index in [1.807, 2.05) is 18.2 Å². The molecule has 0 bridgehead atoms. The molecule has 0 saturated heterocycles. The number of benzene rings is 1. The summed E-state index contributed by atoms with van der Waals surface area (Å²) in [7, 11) is 0. The number of ether oxygens (including phenoxy) is 1. The van der Waals surface area contributed by atoms with E-state index < -0.39 is 0 Å². The molecule has 0 atom stereocenters. The highest BCUT2D eigenvalue weighted by Gasteiger charge is 2.16. The van der Waals surface area contributed by atoms with E-state index in [0.29, 0.717) is 6.61 Å². The smallest absolute Gasteiger partial charge is 0.128 e. The molecule has 0 unspecified atom stereocenters. The standard InChI is InChI=1S/C9H8BrNOS.C4H10/c10-6-1-2-9-7(5-6)8(11-13)3-4-12-9;1-4(2)3/h1-2,5,13H,3-4H2;4H,1-3H3/b11-8+;. The quantitative estimate of drug-likeness (QED) is 0.698. The predicted molar refractivity (Wildman–Crippen MR) is 80.3 cm³/mol. The lowest BCUT2D eigenvalue weighted by Gasteiger charge is -2.18.